The molecule has 24 N–H and O–H groups in total. The first-order valence-electron chi connectivity index (χ1n) is 30.8. The molecular weight excluding hydrogens is 1310 g/mol. The quantitative estimate of drug-likeness (QED) is 0.0452. The topological polar surface area (TPSA) is 651 Å². The summed E-state index contributed by atoms with van der Waals surface area (Å²) < 4.78 is 88.2. The van der Waals surface area contributed by atoms with Crippen LogP contribution in [0.15, 0.2) is 0 Å². The smallest absolute Gasteiger partial charge is 0.217 e. The summed E-state index contributed by atoms with van der Waals surface area (Å²) in [5.41, 5.74) is 0. The van der Waals surface area contributed by atoms with Crippen LogP contribution in [0.25, 0.3) is 0 Å². The van der Waals surface area contributed by atoms with Crippen molar-refractivity contribution in [2.45, 2.75) is 280 Å². The maximum atomic E-state index is 13.2. The molecule has 42 nitrogen and oxygen atoms in total. The van der Waals surface area contributed by atoms with Crippen molar-refractivity contribution in [1.82, 2.24) is 16.0 Å². The lowest BCUT2D eigenvalue weighted by molar-refractivity contribution is -0.391. The highest BCUT2D eigenvalue weighted by atomic mass is 16.8. The van der Waals surface area contributed by atoms with Crippen LogP contribution < -0.4 is 16.0 Å². The first-order chi connectivity index (χ1) is 45.3. The Kier molecular flexibility index (Phi) is 27.7. The molecule has 40 atom stereocenters. The molecule has 0 spiro atoms. The van der Waals surface area contributed by atoms with E-state index in [1.54, 1.807) is 0 Å². The van der Waals surface area contributed by atoms with Crippen molar-refractivity contribution in [3.8, 4) is 0 Å². The third-order valence-corrected chi connectivity index (χ3v) is 17.8. The number of rotatable bonds is 23. The summed E-state index contributed by atoms with van der Waals surface area (Å²) in [5.74, 6) is -2.69. The Labute approximate surface area is 545 Å². The maximum Gasteiger partial charge on any atom is 0.217 e. The summed E-state index contributed by atoms with van der Waals surface area (Å²) in [5, 5.41) is 238. The van der Waals surface area contributed by atoms with Crippen LogP contribution in [-0.4, -0.2) is 410 Å². The van der Waals surface area contributed by atoms with Gasteiger partial charge in [0.15, 0.2) is 50.3 Å². The van der Waals surface area contributed by atoms with Gasteiger partial charge in [-0.3, -0.25) is 14.4 Å². The second kappa shape index (κ2) is 33.8. The molecule has 0 saturated carbocycles. The minimum absolute atomic E-state index is 0.842. The van der Waals surface area contributed by atoms with E-state index in [-0.39, 0.29) is 0 Å². The monoisotopic (exact) mass is 1410 g/mol. The highest BCUT2D eigenvalue weighted by molar-refractivity contribution is 5.74. The zero-order valence-electron chi connectivity index (χ0n) is 52.1. The molecule has 0 aromatic carbocycles. The summed E-state index contributed by atoms with van der Waals surface area (Å²) in [6, 6.07) is -5.52. The van der Waals surface area contributed by atoms with Crippen LogP contribution in [0, 0.1) is 0 Å². The lowest BCUT2D eigenvalue weighted by Crippen LogP contribution is -2.71. The average Bonchev–Trinajstić information content (AvgIpc) is 0.695. The van der Waals surface area contributed by atoms with Gasteiger partial charge in [-0.25, -0.2) is 0 Å². The fourth-order valence-corrected chi connectivity index (χ4v) is 12.4. The molecule has 8 fully saturated rings. The van der Waals surface area contributed by atoms with E-state index in [1.807, 2.05) is 0 Å². The van der Waals surface area contributed by atoms with Gasteiger partial charge in [0, 0.05) is 20.8 Å². The number of ether oxygens (including phenoxy) is 15. The van der Waals surface area contributed by atoms with Gasteiger partial charge < -0.3 is 194 Å². The molecule has 8 heterocycles. The number of hydrogen-bond acceptors (Lipinski definition) is 39. The summed E-state index contributed by atoms with van der Waals surface area (Å²) in [6.07, 6.45) is -71.9. The second-order valence-corrected chi connectivity index (χ2v) is 24.6. The highest BCUT2D eigenvalue weighted by Crippen LogP contribution is 2.39. The minimum Gasteiger partial charge on any atom is -0.394 e. The van der Waals surface area contributed by atoms with Crippen LogP contribution in [-0.2, 0) is 85.4 Å². The summed E-state index contributed by atoms with van der Waals surface area (Å²) >= 11 is 0. The molecule has 1 unspecified atom stereocenters. The molecule has 0 bridgehead atoms. The van der Waals surface area contributed by atoms with Gasteiger partial charge in [-0.15, -0.1) is 0 Å². The lowest BCUT2D eigenvalue weighted by Gasteiger charge is -2.51. The van der Waals surface area contributed by atoms with Crippen molar-refractivity contribution >= 4 is 17.7 Å². The van der Waals surface area contributed by atoms with Gasteiger partial charge in [-0.05, 0) is 13.8 Å². The average molecular weight is 1410 g/mol. The standard InChI is InChI=1S/C54H91N3O39/c1-12-26(66)34(74)38(78)50(83-12)95-45-36(76)28(68)17(6-58)87-53(45)91-41-21(10-62)89-48(23(33(41)73)55-14(3)63)82-11-22-32(72)44(40(80)52(90-22)92-42-24(56-15(4)64)47(81)85-19(8-60)30(42)70)94-49-25(57-16(5)65)43(31(71)20(9-61)86-49)93-54-46(37(77)29(69)18(7-59)88-54)96-51-39(79)35(75)27(67)13(2)84-51/h12-13,17-54,58-62,66-81H,6-11H2,1-5H3,(H,55,63)(H,56,64)(H,57,65)/t12-,13-,17+,18+,19+,20+,21+,22+,23+,24+,25+,26+,27+,28-,29-,30-,31+,32-,33+,34+,35+,36-,37-,38-,39-,40+,41+,42+,43+,44-,45+,46+,47?,48+,49-,50-,51-,52-,53-,54-/m0/s1. The molecule has 0 aliphatic carbocycles. The van der Waals surface area contributed by atoms with Crippen molar-refractivity contribution in [2.24, 2.45) is 0 Å². The van der Waals surface area contributed by atoms with Crippen LogP contribution in [0.5, 0.6) is 0 Å². The summed E-state index contributed by atoms with van der Waals surface area (Å²) in [7, 11) is 0. The second-order valence-electron chi connectivity index (χ2n) is 24.6. The van der Waals surface area contributed by atoms with E-state index in [2.05, 4.69) is 16.0 Å². The first-order valence-corrected chi connectivity index (χ1v) is 30.8. The van der Waals surface area contributed by atoms with Crippen molar-refractivity contribution in [3.05, 3.63) is 0 Å². The van der Waals surface area contributed by atoms with Crippen molar-refractivity contribution in [3.63, 3.8) is 0 Å². The van der Waals surface area contributed by atoms with Crippen molar-refractivity contribution in [1.29, 1.82) is 0 Å². The van der Waals surface area contributed by atoms with Crippen LogP contribution in [0.2, 0.25) is 0 Å². The largest absolute Gasteiger partial charge is 0.394 e. The van der Waals surface area contributed by atoms with E-state index in [0.717, 1.165) is 20.8 Å². The lowest BCUT2D eigenvalue weighted by atomic mass is 9.93. The SMILES string of the molecule is CC(=O)N[C@H]1[C@H](OC[C@H]2O[C@@H](O[C@H]3[C@@H](O)[C@@H](CO)OC(O)[C@@H]3NC(C)=O)[C@H](O)[C@@H](O[C@@H]3O[C@H](CO)[C@@H](O)[C@H](O[C@@H]4O[C@H](CO)[C@H](O)[C@H](O)[C@H]4O[C@@H]4O[C@@H](C)[C@@H](O)[C@@H](O)[C@@H]4O)[C@H]3NC(C)=O)[C@H]2O)O[C@H](CO)[C@@H](O[C@@H]2O[C@H](CO)[C@H](O)[C@H](O)[C@H]2O[C@@H]2O[C@@H](C)[C@@H](O)[C@@H](O)[C@@H]2O)[C@@H]1O. The Morgan fingerprint density at radius 2 is 0.635 bits per heavy atom. The Morgan fingerprint density at radius 1 is 0.292 bits per heavy atom. The third-order valence-electron chi connectivity index (χ3n) is 17.8. The predicted octanol–water partition coefficient (Wildman–Crippen LogP) is -16.0. The summed E-state index contributed by atoms with van der Waals surface area (Å²) in [4.78, 5) is 38.6. The van der Waals surface area contributed by atoms with Gasteiger partial charge in [0.25, 0.3) is 0 Å². The predicted molar refractivity (Wildman–Crippen MR) is 296 cm³/mol. The van der Waals surface area contributed by atoms with Crippen LogP contribution in [0.4, 0.5) is 0 Å². The van der Waals surface area contributed by atoms with Crippen molar-refractivity contribution < 1.29 is 193 Å². The number of carbonyl (C=O) groups excluding carboxylic acids is 3. The Bertz CT molecular complexity index is 2480. The molecule has 0 radical (unpaired) electrons. The normalized spacial score (nSPS) is 50.3. The number of amides is 3. The van der Waals surface area contributed by atoms with Crippen LogP contribution >= 0.6 is 0 Å². The van der Waals surface area contributed by atoms with Gasteiger partial charge in [0.1, 0.15) is 183 Å². The molecule has 8 rings (SSSR count). The Hall–Kier alpha value is -3.03. The highest BCUT2D eigenvalue weighted by Gasteiger charge is 2.60. The molecule has 0 aromatic rings. The van der Waals surface area contributed by atoms with Gasteiger partial charge in [0.2, 0.25) is 17.7 Å². The molecule has 8 saturated heterocycles. The van der Waals surface area contributed by atoms with E-state index in [4.69, 9.17) is 71.1 Å². The van der Waals surface area contributed by atoms with Gasteiger partial charge in [-0.1, -0.05) is 0 Å². The zero-order chi connectivity index (χ0) is 70.8. The van der Waals surface area contributed by atoms with E-state index >= 15 is 0 Å². The number of aliphatic hydroxyl groups excluding tert-OH is 21. The van der Waals surface area contributed by atoms with E-state index < -0.39 is 303 Å². The molecule has 3 amide bonds. The maximum absolute atomic E-state index is 13.2. The number of carbonyl (C=O) groups is 3. The van der Waals surface area contributed by atoms with Gasteiger partial charge in [0.05, 0.1) is 51.8 Å². The van der Waals surface area contributed by atoms with Gasteiger partial charge >= 0.3 is 0 Å². The molecule has 8 aliphatic rings. The first kappa shape index (κ1) is 78.7. The van der Waals surface area contributed by atoms with E-state index in [1.165, 1.54) is 13.8 Å². The summed E-state index contributed by atoms with van der Waals surface area (Å²) in [6.45, 7) is -0.731. The molecular formula is C54H91N3O39. The number of hydrogen-bond donors (Lipinski definition) is 24. The van der Waals surface area contributed by atoms with E-state index in [0.29, 0.717) is 0 Å². The third kappa shape index (κ3) is 17.0. The molecule has 556 valence electrons. The molecule has 8 aliphatic heterocycles. The number of nitrogens with one attached hydrogen (secondary N) is 3. The Balaban J connectivity index is 1.10. The zero-order valence-corrected chi connectivity index (χ0v) is 52.1. The fraction of sp³-hybridized carbons (Fsp3) is 0.944. The molecule has 0 aromatic heterocycles. The molecule has 96 heavy (non-hydrogen) atoms. The number of aliphatic hydroxyl groups is 21. The van der Waals surface area contributed by atoms with Crippen LogP contribution in [0.1, 0.15) is 34.6 Å². The minimum atomic E-state index is -2.40. The van der Waals surface area contributed by atoms with E-state index in [9.17, 15) is 122 Å². The molecule has 42 heteroatoms. The fourth-order valence-electron chi connectivity index (χ4n) is 12.4. The van der Waals surface area contributed by atoms with Crippen molar-refractivity contribution in [2.75, 3.05) is 39.6 Å². The van der Waals surface area contributed by atoms with Gasteiger partial charge in [-0.2, -0.15) is 0 Å². The van der Waals surface area contributed by atoms with Crippen LogP contribution in [0.3, 0.4) is 0 Å². The Morgan fingerprint density at radius 3 is 1.10 bits per heavy atom.